The average molecular weight is 394 g/mol. The Morgan fingerprint density at radius 3 is 2.92 bits per heavy atom. The summed E-state index contributed by atoms with van der Waals surface area (Å²) in [5.74, 6) is 1.41. The fourth-order valence-electron chi connectivity index (χ4n) is 2.17. The zero-order valence-corrected chi connectivity index (χ0v) is 15.9. The quantitative estimate of drug-likeness (QED) is 0.609. The summed E-state index contributed by atoms with van der Waals surface area (Å²) in [6.45, 7) is 2.91. The molecule has 0 aliphatic rings. The summed E-state index contributed by atoms with van der Waals surface area (Å²) in [6.07, 6.45) is 2.46. The maximum Gasteiger partial charge on any atom is 0.236 e. The van der Waals surface area contributed by atoms with Crippen LogP contribution in [0.4, 0.5) is 5.82 Å². The van der Waals surface area contributed by atoms with Gasteiger partial charge in [0.25, 0.3) is 0 Å². The fourth-order valence-corrected chi connectivity index (χ4v) is 3.76. The highest BCUT2D eigenvalue weighted by Crippen LogP contribution is 2.27. The van der Waals surface area contributed by atoms with Crippen molar-refractivity contribution in [2.24, 2.45) is 0 Å². The molecule has 1 amide bonds. The number of nitrogens with one attached hydrogen (secondary N) is 1. The van der Waals surface area contributed by atoms with Crippen molar-refractivity contribution in [2.75, 3.05) is 11.1 Å². The average Bonchev–Trinajstić information content (AvgIpc) is 3.25. The molecule has 0 unspecified atom stereocenters. The van der Waals surface area contributed by atoms with Crippen molar-refractivity contribution in [2.45, 2.75) is 25.0 Å². The second-order valence-electron chi connectivity index (χ2n) is 5.13. The minimum atomic E-state index is -0.149. The normalized spacial score (nSPS) is 10.8. The number of aromatic nitrogens is 4. The third kappa shape index (κ3) is 4.59. The Labute approximate surface area is 158 Å². The van der Waals surface area contributed by atoms with E-state index in [1.165, 1.54) is 18.0 Å². The molecule has 130 valence electrons. The third-order valence-electron chi connectivity index (χ3n) is 3.23. The van der Waals surface area contributed by atoms with Crippen LogP contribution >= 0.6 is 34.7 Å². The summed E-state index contributed by atoms with van der Waals surface area (Å²) in [5.41, 5.74) is 0. The molecule has 0 aromatic carbocycles. The summed E-state index contributed by atoms with van der Waals surface area (Å²) in [4.78, 5) is 17.2. The summed E-state index contributed by atoms with van der Waals surface area (Å²) >= 11 is 8.77. The number of nitrogens with zero attached hydrogens (tertiary/aromatic N) is 4. The number of carbonyl (C=O) groups excluding carboxylic acids is 1. The molecule has 3 heterocycles. The van der Waals surface area contributed by atoms with E-state index in [-0.39, 0.29) is 11.7 Å². The van der Waals surface area contributed by atoms with Gasteiger partial charge in [0.2, 0.25) is 5.91 Å². The van der Waals surface area contributed by atoms with Crippen LogP contribution in [-0.4, -0.2) is 31.4 Å². The maximum absolute atomic E-state index is 12.1. The van der Waals surface area contributed by atoms with E-state index >= 15 is 0 Å². The maximum atomic E-state index is 12.1. The predicted octanol–water partition coefficient (Wildman–Crippen LogP) is 4.20. The number of anilines is 1. The van der Waals surface area contributed by atoms with Crippen molar-refractivity contribution in [1.82, 2.24) is 19.7 Å². The first-order chi connectivity index (χ1) is 12.2. The molecule has 0 saturated carbocycles. The third-order valence-corrected chi connectivity index (χ3v) is 5.29. The Balaban J connectivity index is 1.66. The molecule has 1 N–H and O–H groups in total. The highest BCUT2D eigenvalue weighted by atomic mass is 35.5. The van der Waals surface area contributed by atoms with Gasteiger partial charge in [0, 0.05) is 12.7 Å². The lowest BCUT2D eigenvalue weighted by Crippen LogP contribution is -2.15. The van der Waals surface area contributed by atoms with E-state index in [1.807, 2.05) is 17.5 Å². The SMILES string of the molecule is CCCn1c(SCC(=O)Nc2ccc(Cl)cn2)nnc1-c1cccs1. The first kappa shape index (κ1) is 17.9. The first-order valence-corrected chi connectivity index (χ1v) is 9.93. The van der Waals surface area contributed by atoms with Crippen molar-refractivity contribution in [3.05, 3.63) is 40.9 Å². The zero-order chi connectivity index (χ0) is 17.6. The van der Waals surface area contributed by atoms with Crippen LogP contribution in [0.5, 0.6) is 0 Å². The van der Waals surface area contributed by atoms with Crippen molar-refractivity contribution in [3.63, 3.8) is 0 Å². The number of thiophene rings is 1. The molecular weight excluding hydrogens is 378 g/mol. The lowest BCUT2D eigenvalue weighted by Gasteiger charge is -2.08. The van der Waals surface area contributed by atoms with Gasteiger partial charge in [-0.25, -0.2) is 4.98 Å². The minimum absolute atomic E-state index is 0.149. The molecule has 0 bridgehead atoms. The summed E-state index contributed by atoms with van der Waals surface area (Å²) in [6, 6.07) is 7.36. The van der Waals surface area contributed by atoms with Crippen LogP contribution < -0.4 is 5.32 Å². The van der Waals surface area contributed by atoms with E-state index in [4.69, 9.17) is 11.6 Å². The van der Waals surface area contributed by atoms with Gasteiger partial charge in [-0.2, -0.15) is 0 Å². The molecule has 3 aromatic heterocycles. The molecule has 0 fully saturated rings. The summed E-state index contributed by atoms with van der Waals surface area (Å²) < 4.78 is 2.06. The lowest BCUT2D eigenvalue weighted by atomic mass is 10.4. The van der Waals surface area contributed by atoms with Crippen molar-refractivity contribution in [1.29, 1.82) is 0 Å². The van der Waals surface area contributed by atoms with Crippen LogP contribution in [0.25, 0.3) is 10.7 Å². The van der Waals surface area contributed by atoms with Crippen LogP contribution in [-0.2, 0) is 11.3 Å². The summed E-state index contributed by atoms with van der Waals surface area (Å²) in [5, 5.41) is 14.6. The molecule has 0 aliphatic carbocycles. The van der Waals surface area contributed by atoms with Crippen LogP contribution in [0.1, 0.15) is 13.3 Å². The lowest BCUT2D eigenvalue weighted by molar-refractivity contribution is -0.113. The molecule has 3 aromatic rings. The van der Waals surface area contributed by atoms with Crippen LogP contribution in [0, 0.1) is 0 Å². The molecular formula is C16H16ClN5OS2. The van der Waals surface area contributed by atoms with Crippen molar-refractivity contribution < 1.29 is 4.79 Å². The number of pyridine rings is 1. The summed E-state index contributed by atoms with van der Waals surface area (Å²) in [7, 11) is 0. The van der Waals surface area contributed by atoms with Crippen LogP contribution in [0.3, 0.4) is 0 Å². The number of hydrogen-bond acceptors (Lipinski definition) is 6. The highest BCUT2D eigenvalue weighted by Gasteiger charge is 2.16. The van der Waals surface area contributed by atoms with Crippen LogP contribution in [0.2, 0.25) is 5.02 Å². The monoisotopic (exact) mass is 393 g/mol. The second kappa shape index (κ2) is 8.46. The van der Waals surface area contributed by atoms with Gasteiger partial charge < -0.3 is 9.88 Å². The van der Waals surface area contributed by atoms with E-state index in [9.17, 15) is 4.79 Å². The standard InChI is InChI=1S/C16H16ClN5OS2/c1-2-7-22-15(12-4-3-8-24-12)20-21-16(22)25-10-14(23)19-13-6-5-11(17)9-18-13/h3-6,8-9H,2,7,10H2,1H3,(H,18,19,23). The molecule has 25 heavy (non-hydrogen) atoms. The highest BCUT2D eigenvalue weighted by molar-refractivity contribution is 7.99. The predicted molar refractivity (Wildman–Crippen MR) is 102 cm³/mol. The smallest absolute Gasteiger partial charge is 0.236 e. The Bertz CT molecular complexity index is 833. The van der Waals surface area contributed by atoms with Gasteiger partial charge in [-0.15, -0.1) is 21.5 Å². The number of rotatable bonds is 7. The Kier molecular flexibility index (Phi) is 6.06. The largest absolute Gasteiger partial charge is 0.310 e. The molecule has 0 atom stereocenters. The zero-order valence-electron chi connectivity index (χ0n) is 13.5. The van der Waals surface area contributed by atoms with Gasteiger partial charge in [-0.05, 0) is 30.0 Å². The van der Waals surface area contributed by atoms with Gasteiger partial charge in [0.1, 0.15) is 5.82 Å². The number of carbonyl (C=O) groups is 1. The first-order valence-electron chi connectivity index (χ1n) is 7.68. The Morgan fingerprint density at radius 1 is 1.36 bits per heavy atom. The topological polar surface area (TPSA) is 72.7 Å². The number of hydrogen-bond donors (Lipinski definition) is 1. The fraction of sp³-hybridized carbons (Fsp3) is 0.250. The number of halogens is 1. The number of thioether (sulfide) groups is 1. The minimum Gasteiger partial charge on any atom is -0.310 e. The molecule has 3 rings (SSSR count). The van der Waals surface area contributed by atoms with Gasteiger partial charge in [-0.1, -0.05) is 36.4 Å². The van der Waals surface area contributed by atoms with E-state index in [2.05, 4.69) is 32.0 Å². The Hall–Kier alpha value is -1.90. The molecule has 0 saturated heterocycles. The van der Waals surface area contributed by atoms with E-state index in [1.54, 1.807) is 23.5 Å². The van der Waals surface area contributed by atoms with Gasteiger partial charge in [-0.3, -0.25) is 4.79 Å². The van der Waals surface area contributed by atoms with Crippen molar-refractivity contribution in [3.8, 4) is 10.7 Å². The molecule has 0 aliphatic heterocycles. The van der Waals surface area contributed by atoms with E-state index < -0.39 is 0 Å². The second-order valence-corrected chi connectivity index (χ2v) is 7.46. The van der Waals surface area contributed by atoms with Gasteiger partial charge in [0.15, 0.2) is 11.0 Å². The van der Waals surface area contributed by atoms with Crippen LogP contribution in [0.15, 0.2) is 41.0 Å². The van der Waals surface area contributed by atoms with E-state index in [0.29, 0.717) is 10.8 Å². The molecule has 0 spiro atoms. The number of amides is 1. The molecule has 0 radical (unpaired) electrons. The van der Waals surface area contributed by atoms with Crippen molar-refractivity contribution >= 4 is 46.4 Å². The van der Waals surface area contributed by atoms with E-state index in [0.717, 1.165) is 28.8 Å². The molecule has 9 heteroatoms. The molecule has 6 nitrogen and oxygen atoms in total. The Morgan fingerprint density at radius 2 is 2.24 bits per heavy atom. The van der Waals surface area contributed by atoms with Gasteiger partial charge in [0.05, 0.1) is 15.7 Å². The van der Waals surface area contributed by atoms with Gasteiger partial charge >= 0.3 is 0 Å².